The lowest BCUT2D eigenvalue weighted by atomic mass is 10.2. The Hall–Kier alpha value is -1.22. The third kappa shape index (κ3) is 3.74. The minimum absolute atomic E-state index is 0.0125. The van der Waals surface area contributed by atoms with E-state index in [-0.39, 0.29) is 6.61 Å². The van der Waals surface area contributed by atoms with Gasteiger partial charge in [-0.15, -0.1) is 0 Å². The Labute approximate surface area is 97.4 Å². The molecule has 0 atom stereocenters. The van der Waals surface area contributed by atoms with Crippen molar-refractivity contribution < 1.29 is 9.84 Å². The Bertz CT molecular complexity index is 313. The Kier molecular flexibility index (Phi) is 5.72. The van der Waals surface area contributed by atoms with Crippen LogP contribution in [0, 0.1) is 0 Å². The van der Waals surface area contributed by atoms with Crippen LogP contribution < -0.4 is 10.1 Å². The molecule has 3 heteroatoms. The number of hydrogen-bond donors (Lipinski definition) is 2. The average molecular weight is 223 g/mol. The summed E-state index contributed by atoms with van der Waals surface area (Å²) in [7, 11) is 0. The molecule has 0 saturated carbocycles. The molecular formula is C13H21NO2. The fourth-order valence-corrected chi connectivity index (χ4v) is 1.52. The van der Waals surface area contributed by atoms with Crippen LogP contribution in [-0.4, -0.2) is 18.3 Å². The highest BCUT2D eigenvalue weighted by Gasteiger charge is 2.03. The number of unbranched alkanes of at least 4 members (excludes halogenated alkanes) is 1. The summed E-state index contributed by atoms with van der Waals surface area (Å²) in [5.41, 5.74) is 1.88. The van der Waals surface area contributed by atoms with Gasteiger partial charge in [-0.2, -0.15) is 0 Å². The van der Waals surface area contributed by atoms with Crippen LogP contribution in [0.3, 0.4) is 0 Å². The number of hydrogen-bond acceptors (Lipinski definition) is 3. The van der Waals surface area contributed by atoms with Crippen LogP contribution in [0.1, 0.15) is 32.3 Å². The van der Waals surface area contributed by atoms with E-state index in [0.29, 0.717) is 6.61 Å². The standard InChI is InChI=1S/C13H21NO2/c1-3-5-8-14-12-6-7-13(16-4-2)11(9-12)10-15/h6-7,9,14-15H,3-5,8,10H2,1-2H3. The Morgan fingerprint density at radius 1 is 1.31 bits per heavy atom. The predicted molar refractivity (Wildman–Crippen MR) is 66.9 cm³/mol. The first-order valence-electron chi connectivity index (χ1n) is 5.92. The molecule has 90 valence electrons. The maximum absolute atomic E-state index is 9.23. The molecule has 16 heavy (non-hydrogen) atoms. The highest BCUT2D eigenvalue weighted by Crippen LogP contribution is 2.22. The molecule has 3 nitrogen and oxygen atoms in total. The first-order valence-corrected chi connectivity index (χ1v) is 5.92. The Morgan fingerprint density at radius 3 is 2.75 bits per heavy atom. The van der Waals surface area contributed by atoms with Crippen molar-refractivity contribution in [1.82, 2.24) is 0 Å². The number of aliphatic hydroxyl groups is 1. The maximum atomic E-state index is 9.23. The number of benzene rings is 1. The first kappa shape index (κ1) is 12.8. The van der Waals surface area contributed by atoms with Gasteiger partial charge in [0, 0.05) is 17.8 Å². The summed E-state index contributed by atoms with van der Waals surface area (Å²) in [6.45, 7) is 5.71. The third-order valence-electron chi connectivity index (χ3n) is 2.39. The van der Waals surface area contributed by atoms with Gasteiger partial charge >= 0.3 is 0 Å². The quantitative estimate of drug-likeness (QED) is 0.698. The van der Waals surface area contributed by atoms with E-state index >= 15 is 0 Å². The van der Waals surface area contributed by atoms with E-state index in [1.807, 2.05) is 25.1 Å². The molecule has 0 heterocycles. The molecule has 0 aliphatic rings. The van der Waals surface area contributed by atoms with Crippen molar-refractivity contribution in [1.29, 1.82) is 0 Å². The van der Waals surface area contributed by atoms with Gasteiger partial charge in [-0.25, -0.2) is 0 Å². The van der Waals surface area contributed by atoms with Crippen LogP contribution in [0.5, 0.6) is 5.75 Å². The fraction of sp³-hybridized carbons (Fsp3) is 0.538. The van der Waals surface area contributed by atoms with Crippen molar-refractivity contribution >= 4 is 5.69 Å². The van der Waals surface area contributed by atoms with E-state index in [1.165, 1.54) is 6.42 Å². The third-order valence-corrected chi connectivity index (χ3v) is 2.39. The van der Waals surface area contributed by atoms with Crippen molar-refractivity contribution in [3.8, 4) is 5.75 Å². The average Bonchev–Trinajstić information content (AvgIpc) is 2.31. The van der Waals surface area contributed by atoms with Gasteiger partial charge in [-0.05, 0) is 31.5 Å². The molecule has 0 unspecified atom stereocenters. The summed E-state index contributed by atoms with van der Waals surface area (Å²) in [5.74, 6) is 0.769. The number of nitrogens with one attached hydrogen (secondary N) is 1. The molecule has 0 aliphatic heterocycles. The van der Waals surface area contributed by atoms with Crippen molar-refractivity contribution in [2.45, 2.75) is 33.3 Å². The number of ether oxygens (including phenoxy) is 1. The van der Waals surface area contributed by atoms with Crippen LogP contribution in [0.25, 0.3) is 0 Å². The highest BCUT2D eigenvalue weighted by molar-refractivity contribution is 5.51. The molecule has 1 aromatic carbocycles. The molecular weight excluding hydrogens is 202 g/mol. The number of anilines is 1. The summed E-state index contributed by atoms with van der Waals surface area (Å²) >= 11 is 0. The summed E-state index contributed by atoms with van der Waals surface area (Å²) in [4.78, 5) is 0. The minimum atomic E-state index is 0.0125. The summed E-state index contributed by atoms with van der Waals surface area (Å²) in [5, 5.41) is 12.6. The Balaban J connectivity index is 2.66. The van der Waals surface area contributed by atoms with E-state index < -0.39 is 0 Å². The van der Waals surface area contributed by atoms with Crippen molar-refractivity contribution in [2.75, 3.05) is 18.5 Å². The molecule has 0 saturated heterocycles. The molecule has 2 N–H and O–H groups in total. The monoisotopic (exact) mass is 223 g/mol. The van der Waals surface area contributed by atoms with Crippen LogP contribution in [-0.2, 0) is 6.61 Å². The summed E-state index contributed by atoms with van der Waals surface area (Å²) in [6, 6.07) is 5.84. The van der Waals surface area contributed by atoms with Gasteiger partial charge in [0.2, 0.25) is 0 Å². The predicted octanol–water partition coefficient (Wildman–Crippen LogP) is 2.79. The second-order valence-corrected chi connectivity index (χ2v) is 3.69. The van der Waals surface area contributed by atoms with E-state index in [9.17, 15) is 5.11 Å². The maximum Gasteiger partial charge on any atom is 0.124 e. The second-order valence-electron chi connectivity index (χ2n) is 3.69. The van der Waals surface area contributed by atoms with E-state index in [2.05, 4.69) is 12.2 Å². The smallest absolute Gasteiger partial charge is 0.124 e. The lowest BCUT2D eigenvalue weighted by Gasteiger charge is -2.11. The van der Waals surface area contributed by atoms with Crippen LogP contribution >= 0.6 is 0 Å². The molecule has 1 aromatic rings. The number of aliphatic hydroxyl groups excluding tert-OH is 1. The molecule has 0 radical (unpaired) electrons. The zero-order valence-corrected chi connectivity index (χ0v) is 10.1. The minimum Gasteiger partial charge on any atom is -0.494 e. The SMILES string of the molecule is CCCCNc1ccc(OCC)c(CO)c1. The molecule has 0 aromatic heterocycles. The molecule has 0 spiro atoms. The van der Waals surface area contributed by atoms with Crippen LogP contribution in [0.2, 0.25) is 0 Å². The van der Waals surface area contributed by atoms with Gasteiger partial charge in [0.25, 0.3) is 0 Å². The number of rotatable bonds is 7. The molecule has 0 aliphatic carbocycles. The van der Waals surface area contributed by atoms with Crippen LogP contribution in [0.4, 0.5) is 5.69 Å². The van der Waals surface area contributed by atoms with Gasteiger partial charge < -0.3 is 15.2 Å². The van der Waals surface area contributed by atoms with E-state index in [0.717, 1.165) is 30.0 Å². The van der Waals surface area contributed by atoms with Gasteiger partial charge in [0.05, 0.1) is 13.2 Å². The molecule has 0 amide bonds. The van der Waals surface area contributed by atoms with Gasteiger partial charge in [-0.1, -0.05) is 13.3 Å². The molecule has 1 rings (SSSR count). The zero-order valence-electron chi connectivity index (χ0n) is 10.1. The zero-order chi connectivity index (χ0) is 11.8. The van der Waals surface area contributed by atoms with E-state index in [1.54, 1.807) is 0 Å². The normalized spacial score (nSPS) is 10.2. The summed E-state index contributed by atoms with van der Waals surface area (Å²) < 4.78 is 5.42. The van der Waals surface area contributed by atoms with Crippen molar-refractivity contribution in [3.63, 3.8) is 0 Å². The lowest BCUT2D eigenvalue weighted by Crippen LogP contribution is -2.03. The topological polar surface area (TPSA) is 41.5 Å². The largest absolute Gasteiger partial charge is 0.494 e. The fourth-order valence-electron chi connectivity index (χ4n) is 1.52. The second kappa shape index (κ2) is 7.12. The van der Waals surface area contributed by atoms with Gasteiger partial charge in [0.1, 0.15) is 5.75 Å². The molecule has 0 bridgehead atoms. The van der Waals surface area contributed by atoms with Crippen LogP contribution in [0.15, 0.2) is 18.2 Å². The molecule has 0 fully saturated rings. The lowest BCUT2D eigenvalue weighted by molar-refractivity contribution is 0.267. The van der Waals surface area contributed by atoms with Crippen molar-refractivity contribution in [2.24, 2.45) is 0 Å². The summed E-state index contributed by atoms with van der Waals surface area (Å²) in [6.07, 6.45) is 2.33. The van der Waals surface area contributed by atoms with Gasteiger partial charge in [-0.3, -0.25) is 0 Å². The van der Waals surface area contributed by atoms with Gasteiger partial charge in [0.15, 0.2) is 0 Å². The Morgan fingerprint density at radius 2 is 2.12 bits per heavy atom. The van der Waals surface area contributed by atoms with E-state index in [4.69, 9.17) is 4.74 Å². The highest BCUT2D eigenvalue weighted by atomic mass is 16.5. The van der Waals surface area contributed by atoms with Crippen molar-refractivity contribution in [3.05, 3.63) is 23.8 Å². The first-order chi connectivity index (χ1) is 7.81.